The number of rotatable bonds is 4. The molecule has 9 nitrogen and oxygen atoms in total. The molecule has 0 aromatic carbocycles. The molecule has 2 N–H and O–H groups in total. The zero-order valence-corrected chi connectivity index (χ0v) is 11.1. The van der Waals surface area contributed by atoms with E-state index in [1.54, 1.807) is 12.4 Å². The van der Waals surface area contributed by atoms with Crippen LogP contribution < -0.4 is 5.32 Å². The standard InChI is InChI=1S/C10H9N7O2S/c1-5(9-13-6(4-20-9)10(18)19)12-7-2-11-3-8-14-15-16-17(7)8/h2-5,12H,1H3,(H,18,19). The van der Waals surface area contributed by atoms with Gasteiger partial charge in [-0.15, -0.1) is 16.4 Å². The molecular weight excluding hydrogens is 282 g/mol. The van der Waals surface area contributed by atoms with Crippen LogP contribution in [0.4, 0.5) is 5.82 Å². The fourth-order valence-electron chi connectivity index (χ4n) is 1.64. The van der Waals surface area contributed by atoms with Gasteiger partial charge in [0.1, 0.15) is 5.01 Å². The summed E-state index contributed by atoms with van der Waals surface area (Å²) in [5.41, 5.74) is 0.560. The van der Waals surface area contributed by atoms with Crippen molar-refractivity contribution in [2.45, 2.75) is 13.0 Å². The summed E-state index contributed by atoms with van der Waals surface area (Å²) in [6.07, 6.45) is 3.13. The summed E-state index contributed by atoms with van der Waals surface area (Å²) in [5, 5.41) is 25.4. The van der Waals surface area contributed by atoms with Gasteiger partial charge in [0.05, 0.1) is 18.4 Å². The Labute approximate surface area is 116 Å². The molecule has 0 aliphatic carbocycles. The summed E-state index contributed by atoms with van der Waals surface area (Å²) in [6.45, 7) is 1.87. The maximum absolute atomic E-state index is 10.8. The third-order valence-corrected chi connectivity index (χ3v) is 3.61. The van der Waals surface area contributed by atoms with Gasteiger partial charge in [-0.25, -0.2) is 9.78 Å². The van der Waals surface area contributed by atoms with Crippen LogP contribution in [0.1, 0.15) is 28.5 Å². The van der Waals surface area contributed by atoms with Crippen molar-refractivity contribution in [3.05, 3.63) is 28.5 Å². The van der Waals surface area contributed by atoms with Crippen LogP contribution in [0.5, 0.6) is 0 Å². The van der Waals surface area contributed by atoms with Gasteiger partial charge >= 0.3 is 5.97 Å². The lowest BCUT2D eigenvalue weighted by Gasteiger charge is -2.12. The molecule has 0 saturated heterocycles. The molecule has 0 fully saturated rings. The molecule has 0 saturated carbocycles. The quantitative estimate of drug-likeness (QED) is 0.726. The summed E-state index contributed by atoms with van der Waals surface area (Å²) in [7, 11) is 0. The van der Waals surface area contributed by atoms with Crippen LogP contribution in [0.3, 0.4) is 0 Å². The Hall–Kier alpha value is -2.62. The molecule has 1 unspecified atom stereocenters. The third kappa shape index (κ3) is 2.16. The lowest BCUT2D eigenvalue weighted by molar-refractivity contribution is 0.0691. The van der Waals surface area contributed by atoms with Gasteiger partial charge in [-0.1, -0.05) is 0 Å². The van der Waals surface area contributed by atoms with Crippen LogP contribution in [0, 0.1) is 0 Å². The van der Waals surface area contributed by atoms with Crippen LogP contribution in [0.25, 0.3) is 5.65 Å². The first-order chi connectivity index (χ1) is 9.65. The van der Waals surface area contributed by atoms with Crippen molar-refractivity contribution in [1.29, 1.82) is 0 Å². The Morgan fingerprint density at radius 1 is 1.50 bits per heavy atom. The van der Waals surface area contributed by atoms with Gasteiger partial charge in [-0.2, -0.15) is 4.52 Å². The van der Waals surface area contributed by atoms with Crippen LogP contribution in [0.2, 0.25) is 0 Å². The van der Waals surface area contributed by atoms with Gasteiger partial charge in [0, 0.05) is 5.38 Å². The average Bonchev–Trinajstić information content (AvgIpc) is 3.08. The zero-order chi connectivity index (χ0) is 14.1. The van der Waals surface area contributed by atoms with Gasteiger partial charge in [0.15, 0.2) is 17.2 Å². The van der Waals surface area contributed by atoms with Gasteiger partial charge in [-0.05, 0) is 17.4 Å². The fourth-order valence-corrected chi connectivity index (χ4v) is 2.44. The Morgan fingerprint density at radius 3 is 3.10 bits per heavy atom. The topological polar surface area (TPSA) is 118 Å². The van der Waals surface area contributed by atoms with Crippen LogP contribution >= 0.6 is 11.3 Å². The molecule has 0 bridgehead atoms. The normalized spacial score (nSPS) is 12.4. The maximum Gasteiger partial charge on any atom is 0.355 e. The summed E-state index contributed by atoms with van der Waals surface area (Å²) in [6, 6.07) is -0.190. The van der Waals surface area contributed by atoms with E-state index < -0.39 is 5.97 Å². The minimum absolute atomic E-state index is 0.0393. The van der Waals surface area contributed by atoms with E-state index in [2.05, 4.69) is 30.8 Å². The summed E-state index contributed by atoms with van der Waals surface area (Å²) in [5.74, 6) is -0.434. The molecule has 3 aromatic rings. The van der Waals surface area contributed by atoms with Crippen molar-refractivity contribution in [2.75, 3.05) is 5.32 Å². The Kier molecular flexibility index (Phi) is 2.99. The molecule has 1 atom stereocenters. The Balaban J connectivity index is 1.86. The SMILES string of the molecule is CC(Nc1cncc2nnnn12)c1nc(C(=O)O)cs1. The zero-order valence-electron chi connectivity index (χ0n) is 10.3. The van der Waals surface area contributed by atoms with Gasteiger partial charge in [0.2, 0.25) is 0 Å². The summed E-state index contributed by atoms with van der Waals surface area (Å²) in [4.78, 5) is 18.9. The third-order valence-electron chi connectivity index (χ3n) is 2.58. The highest BCUT2D eigenvalue weighted by atomic mass is 32.1. The van der Waals surface area contributed by atoms with E-state index in [9.17, 15) is 4.79 Å². The number of aromatic nitrogens is 6. The van der Waals surface area contributed by atoms with E-state index in [1.165, 1.54) is 21.2 Å². The summed E-state index contributed by atoms with van der Waals surface area (Å²) >= 11 is 1.28. The molecule has 3 aromatic heterocycles. The molecule has 0 aliphatic heterocycles. The van der Waals surface area contributed by atoms with Crippen LogP contribution in [-0.4, -0.2) is 41.1 Å². The number of thiazole rings is 1. The van der Waals surface area contributed by atoms with E-state index in [4.69, 9.17) is 5.11 Å². The van der Waals surface area contributed by atoms with Crippen molar-refractivity contribution in [3.63, 3.8) is 0 Å². The smallest absolute Gasteiger partial charge is 0.355 e. The van der Waals surface area contributed by atoms with Crippen LogP contribution in [-0.2, 0) is 0 Å². The Morgan fingerprint density at radius 2 is 2.35 bits per heavy atom. The molecule has 20 heavy (non-hydrogen) atoms. The second kappa shape index (κ2) is 4.81. The lowest BCUT2D eigenvalue weighted by atomic mass is 10.3. The van der Waals surface area contributed by atoms with Gasteiger partial charge < -0.3 is 10.4 Å². The average molecular weight is 291 g/mol. The minimum Gasteiger partial charge on any atom is -0.476 e. The van der Waals surface area contributed by atoms with Gasteiger partial charge in [0.25, 0.3) is 0 Å². The number of carbonyl (C=O) groups is 1. The summed E-state index contributed by atoms with van der Waals surface area (Å²) < 4.78 is 1.51. The highest BCUT2D eigenvalue weighted by molar-refractivity contribution is 7.09. The highest BCUT2D eigenvalue weighted by Gasteiger charge is 2.15. The predicted octanol–water partition coefficient (Wildman–Crippen LogP) is 0.847. The first-order valence-electron chi connectivity index (χ1n) is 5.62. The van der Waals surface area contributed by atoms with Crippen molar-refractivity contribution in [2.24, 2.45) is 0 Å². The molecule has 102 valence electrons. The highest BCUT2D eigenvalue weighted by Crippen LogP contribution is 2.22. The number of aromatic carboxylic acids is 1. The fraction of sp³-hybridized carbons (Fsp3) is 0.200. The molecule has 3 heterocycles. The molecular formula is C10H9N7O2S. The van der Waals surface area contributed by atoms with E-state index in [0.717, 1.165) is 0 Å². The first-order valence-corrected chi connectivity index (χ1v) is 6.50. The number of nitrogens with zero attached hydrogens (tertiary/aromatic N) is 6. The number of hydrogen-bond acceptors (Lipinski definition) is 8. The molecule has 0 aliphatic rings. The number of carboxylic acids is 1. The number of anilines is 1. The van der Waals surface area contributed by atoms with Crippen molar-refractivity contribution in [1.82, 2.24) is 30.0 Å². The molecule has 3 rings (SSSR count). The van der Waals surface area contributed by atoms with E-state index in [0.29, 0.717) is 16.5 Å². The molecule has 10 heteroatoms. The molecule has 0 radical (unpaired) electrons. The number of nitrogens with one attached hydrogen (secondary N) is 1. The second-order valence-electron chi connectivity index (χ2n) is 3.98. The number of tetrazole rings is 1. The lowest BCUT2D eigenvalue weighted by Crippen LogP contribution is -2.11. The Bertz CT molecular complexity index is 768. The number of fused-ring (bicyclic) bond motifs is 1. The largest absolute Gasteiger partial charge is 0.476 e. The monoisotopic (exact) mass is 291 g/mol. The van der Waals surface area contributed by atoms with Crippen molar-refractivity contribution < 1.29 is 9.90 Å². The predicted molar refractivity (Wildman–Crippen MR) is 69.7 cm³/mol. The first kappa shape index (κ1) is 12.4. The number of hydrogen-bond donors (Lipinski definition) is 2. The van der Waals surface area contributed by atoms with Crippen molar-refractivity contribution in [3.8, 4) is 0 Å². The van der Waals surface area contributed by atoms with Crippen molar-refractivity contribution >= 4 is 28.8 Å². The molecule has 0 spiro atoms. The van der Waals surface area contributed by atoms with Gasteiger partial charge in [-0.3, -0.25) is 4.98 Å². The molecule has 0 amide bonds. The number of carboxylic acid groups (broad SMARTS) is 1. The second-order valence-corrected chi connectivity index (χ2v) is 4.87. The minimum atomic E-state index is -1.04. The van der Waals surface area contributed by atoms with Crippen LogP contribution in [0.15, 0.2) is 17.8 Å². The van der Waals surface area contributed by atoms with E-state index in [1.807, 2.05) is 6.92 Å². The van der Waals surface area contributed by atoms with E-state index >= 15 is 0 Å². The maximum atomic E-state index is 10.8. The van der Waals surface area contributed by atoms with E-state index in [-0.39, 0.29) is 11.7 Å².